The summed E-state index contributed by atoms with van der Waals surface area (Å²) in [6.45, 7) is 2.03. The number of imidazole rings is 1. The van der Waals surface area contributed by atoms with E-state index in [4.69, 9.17) is 0 Å². The van der Waals surface area contributed by atoms with Gasteiger partial charge in [0.2, 0.25) is 0 Å². The number of carbonyl (C=O) groups is 1. The summed E-state index contributed by atoms with van der Waals surface area (Å²) in [4.78, 5) is 24.2. The van der Waals surface area contributed by atoms with Gasteiger partial charge >= 0.3 is 12.4 Å². The summed E-state index contributed by atoms with van der Waals surface area (Å²) in [7, 11) is -2.75. The predicted molar refractivity (Wildman–Crippen MR) is 116 cm³/mol. The number of sulfone groups is 1. The molecule has 0 saturated carbocycles. The van der Waals surface area contributed by atoms with E-state index in [1.54, 1.807) is 5.32 Å². The second-order valence-corrected chi connectivity index (χ2v) is 10.1. The van der Waals surface area contributed by atoms with Crippen LogP contribution in [0.15, 0.2) is 29.6 Å². The molecular weight excluding hydrogens is 532 g/mol. The Morgan fingerprint density at radius 3 is 2.43 bits per heavy atom. The number of carbonyl (C=O) groups excluding carboxylic acids is 1. The minimum Gasteiger partial charge on any atom is -0.339 e. The van der Waals surface area contributed by atoms with Gasteiger partial charge in [0.1, 0.15) is 28.8 Å². The first-order chi connectivity index (χ1) is 17.1. The molecule has 0 aliphatic heterocycles. The Labute approximate surface area is 204 Å². The molecule has 0 fully saturated rings. The summed E-state index contributed by atoms with van der Waals surface area (Å²) in [5.74, 6) is -1.83. The fourth-order valence-electron chi connectivity index (χ4n) is 3.47. The Hall–Kier alpha value is -3.76. The zero-order valence-electron chi connectivity index (χ0n) is 19.2. The summed E-state index contributed by atoms with van der Waals surface area (Å²) >= 11 is 0. The first-order valence-electron chi connectivity index (χ1n) is 10.4. The zero-order chi connectivity index (χ0) is 27.5. The maximum absolute atomic E-state index is 13.1. The lowest BCUT2D eigenvalue weighted by molar-refractivity contribution is -0.149. The van der Waals surface area contributed by atoms with E-state index in [0.29, 0.717) is 6.07 Å². The zero-order valence-corrected chi connectivity index (χ0v) is 20.0. The Balaban J connectivity index is 1.99. The monoisotopic (exact) mass is 549 g/mol. The Morgan fingerprint density at radius 2 is 1.84 bits per heavy atom. The van der Waals surface area contributed by atoms with Crippen LogP contribution in [0.2, 0.25) is 0 Å². The van der Waals surface area contributed by atoms with Crippen molar-refractivity contribution >= 4 is 32.4 Å². The normalized spacial score (nSPS) is 13.9. The van der Waals surface area contributed by atoms with Crippen molar-refractivity contribution < 1.29 is 39.6 Å². The van der Waals surface area contributed by atoms with Gasteiger partial charge in [-0.15, -0.1) is 0 Å². The summed E-state index contributed by atoms with van der Waals surface area (Å²) in [5.41, 5.74) is -2.22. The highest BCUT2D eigenvalue weighted by molar-refractivity contribution is 7.91. The third kappa shape index (κ3) is 4.58. The number of pyridine rings is 1. The molecule has 0 bridgehead atoms. The lowest BCUT2D eigenvalue weighted by Crippen LogP contribution is -2.43. The minimum absolute atomic E-state index is 0.120. The van der Waals surface area contributed by atoms with E-state index in [1.807, 2.05) is 0 Å². The number of nitrogens with zero attached hydrogens (tertiary/aromatic N) is 6. The van der Waals surface area contributed by atoms with Crippen LogP contribution in [-0.2, 0) is 23.1 Å². The van der Waals surface area contributed by atoms with Crippen molar-refractivity contribution in [3.05, 3.63) is 35.9 Å². The molecule has 1 unspecified atom stereocenters. The van der Waals surface area contributed by atoms with Gasteiger partial charge < -0.3 is 9.88 Å². The van der Waals surface area contributed by atoms with Crippen molar-refractivity contribution in [1.82, 2.24) is 34.4 Å². The smallest absolute Gasteiger partial charge is 0.339 e. The molecule has 17 heteroatoms. The molecule has 0 saturated heterocycles. The molecule has 1 N–H and O–H groups in total. The van der Waals surface area contributed by atoms with Crippen LogP contribution in [0, 0.1) is 0 Å². The number of aryl methyl sites for hydroxylation is 1. The van der Waals surface area contributed by atoms with E-state index in [9.17, 15) is 39.6 Å². The maximum atomic E-state index is 13.1. The van der Waals surface area contributed by atoms with Gasteiger partial charge in [0.15, 0.2) is 20.5 Å². The first kappa shape index (κ1) is 26.3. The van der Waals surface area contributed by atoms with Crippen molar-refractivity contribution in [2.75, 3.05) is 5.75 Å². The molecule has 0 aromatic carbocycles. The molecule has 1 amide bonds. The minimum atomic E-state index is -4.76. The number of hydrogen-bond donors (Lipinski definition) is 1. The van der Waals surface area contributed by atoms with Crippen LogP contribution in [0.4, 0.5) is 26.3 Å². The van der Waals surface area contributed by atoms with Gasteiger partial charge in [-0.1, -0.05) is 6.92 Å². The van der Waals surface area contributed by atoms with Crippen molar-refractivity contribution in [3.8, 4) is 11.4 Å². The summed E-state index contributed by atoms with van der Waals surface area (Å²) < 4.78 is 106. The molecule has 4 rings (SSSR count). The molecule has 37 heavy (non-hydrogen) atoms. The molecule has 1 atom stereocenters. The lowest BCUT2D eigenvalue weighted by atomic mass is 10.2. The van der Waals surface area contributed by atoms with Gasteiger partial charge in [-0.3, -0.25) is 4.79 Å². The summed E-state index contributed by atoms with van der Waals surface area (Å²) in [6.07, 6.45) is -7.53. The molecule has 0 spiro atoms. The molecule has 10 nitrogen and oxygen atoms in total. The fraction of sp³-hybridized carbons (Fsp3) is 0.350. The highest BCUT2D eigenvalue weighted by Crippen LogP contribution is 2.35. The van der Waals surface area contributed by atoms with Crippen LogP contribution in [0.25, 0.3) is 28.1 Å². The van der Waals surface area contributed by atoms with Crippen molar-refractivity contribution in [2.24, 2.45) is 7.05 Å². The van der Waals surface area contributed by atoms with Crippen LogP contribution in [0.1, 0.15) is 30.0 Å². The number of alkyl halides is 6. The molecule has 0 aliphatic carbocycles. The quantitative estimate of drug-likeness (QED) is 0.379. The van der Waals surface area contributed by atoms with Crippen LogP contribution in [0.3, 0.4) is 0 Å². The maximum Gasteiger partial charge on any atom is 0.433 e. The molecule has 4 aromatic rings. The number of rotatable bonds is 5. The Morgan fingerprint density at radius 1 is 1.16 bits per heavy atom. The van der Waals surface area contributed by atoms with E-state index in [1.165, 1.54) is 18.5 Å². The molecule has 198 valence electrons. The lowest BCUT2D eigenvalue weighted by Gasteiger charge is -2.17. The van der Waals surface area contributed by atoms with Crippen LogP contribution < -0.4 is 5.32 Å². The van der Waals surface area contributed by atoms with Crippen LogP contribution in [-0.4, -0.2) is 61.4 Å². The van der Waals surface area contributed by atoms with Gasteiger partial charge in [-0.25, -0.2) is 27.9 Å². The van der Waals surface area contributed by atoms with Gasteiger partial charge in [0, 0.05) is 13.2 Å². The molecule has 0 radical (unpaired) electrons. The van der Waals surface area contributed by atoms with Crippen LogP contribution >= 0.6 is 0 Å². The second-order valence-electron chi connectivity index (χ2n) is 7.94. The predicted octanol–water partition coefficient (Wildman–Crippen LogP) is 3.17. The number of fused-ring (bicyclic) bond motifs is 2. The van der Waals surface area contributed by atoms with Gasteiger partial charge in [0.25, 0.3) is 5.91 Å². The van der Waals surface area contributed by atoms with E-state index in [-0.39, 0.29) is 28.1 Å². The fourth-order valence-corrected chi connectivity index (χ4v) is 4.44. The van der Waals surface area contributed by atoms with Gasteiger partial charge in [0.05, 0.1) is 23.0 Å². The summed E-state index contributed by atoms with van der Waals surface area (Å²) in [6, 6.07) is -0.505. The van der Waals surface area contributed by atoms with Gasteiger partial charge in [-0.05, 0) is 19.1 Å². The third-order valence-electron chi connectivity index (χ3n) is 5.51. The molecule has 4 heterocycles. The average Bonchev–Trinajstić information content (AvgIpc) is 3.35. The third-order valence-corrected chi connectivity index (χ3v) is 7.15. The highest BCUT2D eigenvalue weighted by Gasteiger charge is 2.38. The molecule has 4 aromatic heterocycles. The average molecular weight is 549 g/mol. The standard InChI is InChI=1S/C20H17F6N7O3S/c1-4-37(35,36)18-14(16-30-10-7-13(20(24,25)26)28-8-12(10)32(16)3)15-27-6-5-11(33(15)31-18)17(34)29-9(2)19(21,22)23/h5-9H,4H2,1-3H3,(H,29,34). The number of amides is 1. The molecule has 0 aliphatic rings. The molecular formula is C20H17F6N7O3S. The van der Waals surface area contributed by atoms with Crippen molar-refractivity contribution in [3.63, 3.8) is 0 Å². The second kappa shape index (κ2) is 8.67. The Bertz CT molecular complexity index is 1640. The topological polar surface area (TPSA) is 124 Å². The SMILES string of the molecule is CCS(=O)(=O)c1nn2c(C(=O)NC(C)C(F)(F)F)ccnc2c1-c1nc2cc(C(F)(F)F)ncc2n1C. The number of nitrogens with one attached hydrogen (secondary N) is 1. The number of aromatic nitrogens is 6. The van der Waals surface area contributed by atoms with Gasteiger partial charge in [-0.2, -0.15) is 31.4 Å². The van der Waals surface area contributed by atoms with E-state index < -0.39 is 56.3 Å². The highest BCUT2D eigenvalue weighted by atomic mass is 32.2. The van der Waals surface area contributed by atoms with Crippen LogP contribution in [0.5, 0.6) is 0 Å². The van der Waals surface area contributed by atoms with E-state index in [0.717, 1.165) is 29.9 Å². The first-order valence-corrected chi connectivity index (χ1v) is 12.1. The van der Waals surface area contributed by atoms with Crippen molar-refractivity contribution in [2.45, 2.75) is 37.3 Å². The van der Waals surface area contributed by atoms with E-state index in [2.05, 4.69) is 20.1 Å². The van der Waals surface area contributed by atoms with E-state index >= 15 is 0 Å². The Kier molecular flexibility index (Phi) is 6.16. The van der Waals surface area contributed by atoms with Crippen molar-refractivity contribution in [1.29, 1.82) is 0 Å². The largest absolute Gasteiger partial charge is 0.433 e. The number of hydrogen-bond acceptors (Lipinski definition) is 7. The number of halogens is 6. The summed E-state index contributed by atoms with van der Waals surface area (Å²) in [5, 5.41) is 5.13.